The Bertz CT molecular complexity index is 834. The average Bonchev–Trinajstić information content (AvgIpc) is 2.60. The van der Waals surface area contributed by atoms with Crippen LogP contribution in [-0.4, -0.2) is 27.5 Å². The van der Waals surface area contributed by atoms with E-state index in [2.05, 4.69) is 4.72 Å². The van der Waals surface area contributed by atoms with Crippen LogP contribution in [0.15, 0.2) is 53.4 Å². The number of benzene rings is 2. The van der Waals surface area contributed by atoms with Gasteiger partial charge in [-0.05, 0) is 38.1 Å². The highest BCUT2D eigenvalue weighted by atomic mass is 32.2. The van der Waals surface area contributed by atoms with E-state index in [1.165, 1.54) is 26.2 Å². The maximum atomic E-state index is 12.2. The molecule has 0 heterocycles. The quantitative estimate of drug-likeness (QED) is 0.764. The molecule has 0 aliphatic heterocycles. The number of carbonyl (C=O) groups is 1. The molecule has 0 fully saturated rings. The summed E-state index contributed by atoms with van der Waals surface area (Å²) in [4.78, 5) is 12.2. The molecule has 0 aromatic heterocycles. The fourth-order valence-electron chi connectivity index (χ4n) is 2.24. The van der Waals surface area contributed by atoms with Crippen molar-refractivity contribution in [3.8, 4) is 5.75 Å². The zero-order valence-corrected chi connectivity index (χ0v) is 15.2. The summed E-state index contributed by atoms with van der Waals surface area (Å²) in [7, 11) is -2.25. The Labute approximate surface area is 147 Å². The van der Waals surface area contributed by atoms with Crippen molar-refractivity contribution in [2.45, 2.75) is 31.4 Å². The number of sulfonamides is 1. The number of rotatable bonds is 7. The number of hydrogen-bond acceptors (Lipinski definition) is 5. The van der Waals surface area contributed by atoms with E-state index in [9.17, 15) is 13.2 Å². The molecule has 1 atom stereocenters. The van der Waals surface area contributed by atoms with E-state index in [1.54, 1.807) is 24.3 Å². The molecule has 134 valence electrons. The second-order valence-corrected chi connectivity index (χ2v) is 7.29. The number of ether oxygens (including phenoxy) is 2. The van der Waals surface area contributed by atoms with Gasteiger partial charge in [-0.1, -0.05) is 29.8 Å². The molecule has 0 aliphatic carbocycles. The minimum Gasteiger partial charge on any atom is -0.496 e. The van der Waals surface area contributed by atoms with Crippen molar-refractivity contribution in [1.29, 1.82) is 0 Å². The lowest BCUT2D eigenvalue weighted by Crippen LogP contribution is -2.39. The van der Waals surface area contributed by atoms with Gasteiger partial charge in [-0.3, -0.25) is 4.79 Å². The standard InChI is InChI=1S/C18H21NO5S/c1-13-9-10-17(23-3)15(11-13)12-24-18(20)14(2)19-25(21,22)16-7-5-4-6-8-16/h4-11,14,19H,12H2,1-3H3/t14-/m0/s1. The van der Waals surface area contributed by atoms with Crippen LogP contribution < -0.4 is 9.46 Å². The highest BCUT2D eigenvalue weighted by molar-refractivity contribution is 7.89. The smallest absolute Gasteiger partial charge is 0.324 e. The lowest BCUT2D eigenvalue weighted by atomic mass is 10.1. The van der Waals surface area contributed by atoms with Crippen LogP contribution >= 0.6 is 0 Å². The molecule has 2 aromatic carbocycles. The van der Waals surface area contributed by atoms with Crippen LogP contribution in [0.4, 0.5) is 0 Å². The first-order valence-electron chi connectivity index (χ1n) is 7.71. The molecule has 0 aliphatic rings. The molecule has 25 heavy (non-hydrogen) atoms. The molecule has 1 N–H and O–H groups in total. The molecule has 7 heteroatoms. The third-order valence-electron chi connectivity index (χ3n) is 3.54. The van der Waals surface area contributed by atoms with Gasteiger partial charge in [0.05, 0.1) is 12.0 Å². The maximum absolute atomic E-state index is 12.2. The largest absolute Gasteiger partial charge is 0.496 e. The lowest BCUT2D eigenvalue weighted by Gasteiger charge is -2.15. The Morgan fingerprint density at radius 1 is 1.16 bits per heavy atom. The van der Waals surface area contributed by atoms with Gasteiger partial charge < -0.3 is 9.47 Å². The zero-order valence-electron chi connectivity index (χ0n) is 14.4. The van der Waals surface area contributed by atoms with E-state index >= 15 is 0 Å². The monoisotopic (exact) mass is 363 g/mol. The average molecular weight is 363 g/mol. The van der Waals surface area contributed by atoms with Crippen LogP contribution in [0.5, 0.6) is 5.75 Å². The number of aryl methyl sites for hydroxylation is 1. The molecule has 0 spiro atoms. The summed E-state index contributed by atoms with van der Waals surface area (Å²) in [5, 5.41) is 0. The predicted octanol–water partition coefficient (Wildman–Crippen LogP) is 2.41. The van der Waals surface area contributed by atoms with E-state index < -0.39 is 22.0 Å². The Balaban J connectivity index is 2.00. The van der Waals surface area contributed by atoms with E-state index in [-0.39, 0.29) is 11.5 Å². The topological polar surface area (TPSA) is 81.7 Å². The fourth-order valence-corrected chi connectivity index (χ4v) is 3.46. The molecule has 0 unspecified atom stereocenters. The van der Waals surface area contributed by atoms with Crippen LogP contribution in [0.1, 0.15) is 18.1 Å². The number of nitrogens with one attached hydrogen (secondary N) is 1. The van der Waals surface area contributed by atoms with Gasteiger partial charge in [0.25, 0.3) is 0 Å². The lowest BCUT2D eigenvalue weighted by molar-refractivity contribution is -0.146. The first-order chi connectivity index (χ1) is 11.8. The number of hydrogen-bond donors (Lipinski definition) is 1. The number of carbonyl (C=O) groups excluding carboxylic acids is 1. The zero-order chi connectivity index (χ0) is 18.4. The molecule has 0 bridgehead atoms. The Kier molecular flexibility index (Phi) is 6.17. The second-order valence-electron chi connectivity index (χ2n) is 5.58. The summed E-state index contributed by atoms with van der Waals surface area (Å²) in [6, 6.07) is 12.4. The minimum absolute atomic E-state index is 0.00108. The van der Waals surface area contributed by atoms with Gasteiger partial charge in [0, 0.05) is 5.56 Å². The van der Waals surface area contributed by atoms with Crippen molar-refractivity contribution in [1.82, 2.24) is 4.72 Å². The van der Waals surface area contributed by atoms with E-state index in [1.807, 2.05) is 19.1 Å². The molecule has 0 saturated carbocycles. The number of esters is 1. The van der Waals surface area contributed by atoms with Crippen LogP contribution in [0, 0.1) is 6.92 Å². The van der Waals surface area contributed by atoms with Crippen molar-refractivity contribution in [2.75, 3.05) is 7.11 Å². The number of methoxy groups -OCH3 is 1. The normalized spacial score (nSPS) is 12.4. The van der Waals surface area contributed by atoms with Crippen molar-refractivity contribution >= 4 is 16.0 Å². The minimum atomic E-state index is -3.78. The van der Waals surface area contributed by atoms with Gasteiger partial charge in [-0.25, -0.2) is 8.42 Å². The van der Waals surface area contributed by atoms with E-state index in [0.717, 1.165) is 5.56 Å². The van der Waals surface area contributed by atoms with Crippen molar-refractivity contribution < 1.29 is 22.7 Å². The van der Waals surface area contributed by atoms with Crippen LogP contribution in [0.3, 0.4) is 0 Å². The first-order valence-corrected chi connectivity index (χ1v) is 9.19. The van der Waals surface area contributed by atoms with Crippen molar-refractivity contribution in [3.63, 3.8) is 0 Å². The van der Waals surface area contributed by atoms with Crippen molar-refractivity contribution in [2.24, 2.45) is 0 Å². The molecule has 2 aromatic rings. The Hall–Kier alpha value is -2.38. The molecule has 0 saturated heterocycles. The van der Waals surface area contributed by atoms with E-state index in [0.29, 0.717) is 11.3 Å². The van der Waals surface area contributed by atoms with E-state index in [4.69, 9.17) is 9.47 Å². The SMILES string of the molecule is COc1ccc(C)cc1COC(=O)[C@H](C)NS(=O)(=O)c1ccccc1. The van der Waals surface area contributed by atoms with Crippen LogP contribution in [-0.2, 0) is 26.2 Å². The van der Waals surface area contributed by atoms with Gasteiger partial charge >= 0.3 is 5.97 Å². The Morgan fingerprint density at radius 2 is 1.84 bits per heavy atom. The third-order valence-corrected chi connectivity index (χ3v) is 5.10. The molecule has 0 radical (unpaired) electrons. The summed E-state index contributed by atoms with van der Waals surface area (Å²) >= 11 is 0. The molecular formula is C18H21NO5S. The summed E-state index contributed by atoms with van der Waals surface area (Å²) in [5.41, 5.74) is 1.72. The predicted molar refractivity (Wildman–Crippen MR) is 93.8 cm³/mol. The Morgan fingerprint density at radius 3 is 2.48 bits per heavy atom. The van der Waals surface area contributed by atoms with Gasteiger partial charge in [0.15, 0.2) is 0 Å². The van der Waals surface area contributed by atoms with Gasteiger partial charge in [0.1, 0.15) is 18.4 Å². The summed E-state index contributed by atoms with van der Waals surface area (Å²) in [5.74, 6) is -0.0565. The van der Waals surface area contributed by atoms with Gasteiger partial charge in [-0.2, -0.15) is 4.72 Å². The second kappa shape index (κ2) is 8.13. The maximum Gasteiger partial charge on any atom is 0.324 e. The van der Waals surface area contributed by atoms with Crippen molar-refractivity contribution in [3.05, 3.63) is 59.7 Å². The molecular weight excluding hydrogens is 342 g/mol. The highest BCUT2D eigenvalue weighted by Gasteiger charge is 2.23. The van der Waals surface area contributed by atoms with Crippen LogP contribution in [0.2, 0.25) is 0 Å². The molecule has 2 rings (SSSR count). The molecule has 6 nitrogen and oxygen atoms in total. The summed E-state index contributed by atoms with van der Waals surface area (Å²) in [6.45, 7) is 3.36. The fraction of sp³-hybridized carbons (Fsp3) is 0.278. The first kappa shape index (κ1) is 19.0. The van der Waals surface area contributed by atoms with Crippen LogP contribution in [0.25, 0.3) is 0 Å². The van der Waals surface area contributed by atoms with Gasteiger partial charge in [0.2, 0.25) is 10.0 Å². The molecule has 0 amide bonds. The summed E-state index contributed by atoms with van der Waals surface area (Å²) < 4.78 is 37.2. The highest BCUT2D eigenvalue weighted by Crippen LogP contribution is 2.20. The van der Waals surface area contributed by atoms with Gasteiger partial charge in [-0.15, -0.1) is 0 Å². The summed E-state index contributed by atoms with van der Waals surface area (Å²) in [6.07, 6.45) is 0. The third kappa shape index (κ3) is 5.04.